The predicted octanol–water partition coefficient (Wildman–Crippen LogP) is 3.22. The van der Waals surface area contributed by atoms with Gasteiger partial charge >= 0.3 is 100 Å². The van der Waals surface area contributed by atoms with E-state index in [1.165, 1.54) is 0 Å². The average molecular weight is 298 g/mol. The van der Waals surface area contributed by atoms with Gasteiger partial charge in [0.2, 0.25) is 0 Å². The average Bonchev–Trinajstić information content (AvgIpc) is 2.00. The van der Waals surface area contributed by atoms with Crippen LogP contribution < -0.4 is 4.35 Å². The van der Waals surface area contributed by atoms with E-state index in [1.54, 1.807) is 4.35 Å². The van der Waals surface area contributed by atoms with Crippen molar-refractivity contribution in [1.82, 2.24) is 0 Å². The van der Waals surface area contributed by atoms with Crippen molar-refractivity contribution in [2.45, 2.75) is 39.3 Å². The molecule has 0 N–H and O–H groups in total. The summed E-state index contributed by atoms with van der Waals surface area (Å²) in [4.78, 5) is 0. The van der Waals surface area contributed by atoms with Crippen LogP contribution in [0, 0.1) is 0 Å². The van der Waals surface area contributed by atoms with Gasteiger partial charge in [-0.1, -0.05) is 0 Å². The minimum atomic E-state index is -0.955. The van der Waals surface area contributed by atoms with Crippen molar-refractivity contribution in [3.63, 3.8) is 0 Å². The van der Waals surface area contributed by atoms with Gasteiger partial charge in [-0.05, 0) is 0 Å². The molecule has 0 nitrogen and oxygen atoms in total. The Hall–Kier alpha value is 0.212. The Balaban J connectivity index is 3.15. The molecule has 0 amide bonds. The Morgan fingerprint density at radius 2 is 1.13 bits per heavy atom. The number of benzene rings is 1. The zero-order valence-corrected chi connectivity index (χ0v) is 14.7. The molecule has 0 fully saturated rings. The standard InChI is InChI=1S/C12H23AsSi2/c1-14(2,3)13(15(4,5)6)12-10-8-7-9-11-12/h7-11H,1-6H3. The Morgan fingerprint density at radius 3 is 1.47 bits per heavy atom. The fraction of sp³-hybridized carbons (Fsp3) is 0.500. The third-order valence-electron chi connectivity index (χ3n) is 2.36. The van der Waals surface area contributed by atoms with Crippen molar-refractivity contribution < 1.29 is 0 Å². The molecule has 0 aliphatic heterocycles. The molecule has 0 bridgehead atoms. The topological polar surface area (TPSA) is 0 Å². The van der Waals surface area contributed by atoms with Gasteiger partial charge in [-0.15, -0.1) is 0 Å². The minimum absolute atomic E-state index is 0.769. The van der Waals surface area contributed by atoms with E-state index in [0.717, 1.165) is 0 Å². The van der Waals surface area contributed by atoms with Crippen LogP contribution in [0.5, 0.6) is 0 Å². The van der Waals surface area contributed by atoms with Gasteiger partial charge in [-0.2, -0.15) is 0 Å². The van der Waals surface area contributed by atoms with E-state index in [-0.39, 0.29) is 0 Å². The van der Waals surface area contributed by atoms with E-state index in [9.17, 15) is 0 Å². The monoisotopic (exact) mass is 298 g/mol. The van der Waals surface area contributed by atoms with Gasteiger partial charge in [0.05, 0.1) is 0 Å². The summed E-state index contributed by atoms with van der Waals surface area (Å²) in [6.45, 7) is 13.5. The van der Waals surface area contributed by atoms with E-state index in [2.05, 4.69) is 69.6 Å². The summed E-state index contributed by atoms with van der Waals surface area (Å²) in [5.41, 5.74) is 0. The van der Waals surface area contributed by atoms with Crippen LogP contribution in [0.4, 0.5) is 0 Å². The van der Waals surface area contributed by atoms with Gasteiger partial charge < -0.3 is 0 Å². The van der Waals surface area contributed by atoms with E-state index in [4.69, 9.17) is 0 Å². The van der Waals surface area contributed by atoms with E-state index < -0.39 is 26.4 Å². The second-order valence-electron chi connectivity index (χ2n) is 6.01. The van der Waals surface area contributed by atoms with Crippen molar-refractivity contribution in [3.8, 4) is 0 Å². The summed E-state index contributed by atoms with van der Waals surface area (Å²) in [7, 11) is 0. The first-order valence-corrected chi connectivity index (χ1v) is 19.0. The van der Waals surface area contributed by atoms with Crippen LogP contribution in [0.3, 0.4) is 0 Å². The molecule has 0 aliphatic carbocycles. The van der Waals surface area contributed by atoms with E-state index in [1.807, 2.05) is 0 Å². The Morgan fingerprint density at radius 1 is 0.733 bits per heavy atom. The second-order valence-corrected chi connectivity index (χ2v) is 41.0. The molecule has 0 radical (unpaired) electrons. The summed E-state index contributed by atoms with van der Waals surface area (Å²) in [5, 5.41) is 0. The maximum atomic E-state index is 2.57. The summed E-state index contributed by atoms with van der Waals surface area (Å²) >= 11 is -0.769. The van der Waals surface area contributed by atoms with Gasteiger partial charge in [-0.25, -0.2) is 0 Å². The Kier molecular flexibility index (Phi) is 4.08. The van der Waals surface area contributed by atoms with Crippen molar-refractivity contribution in [3.05, 3.63) is 30.3 Å². The van der Waals surface area contributed by atoms with Crippen LogP contribution in [-0.2, 0) is 0 Å². The molecule has 1 rings (SSSR count). The molecule has 84 valence electrons. The molecule has 0 unspecified atom stereocenters. The van der Waals surface area contributed by atoms with Crippen molar-refractivity contribution in [2.75, 3.05) is 0 Å². The number of rotatable bonds is 3. The van der Waals surface area contributed by atoms with Crippen molar-refractivity contribution >= 4 is 30.8 Å². The SMILES string of the molecule is C[Si](C)(C)[As](c1ccccc1)[Si](C)(C)C. The van der Waals surface area contributed by atoms with Crippen LogP contribution >= 0.6 is 0 Å². The number of hydrogen-bond donors (Lipinski definition) is 0. The fourth-order valence-corrected chi connectivity index (χ4v) is 62.2. The van der Waals surface area contributed by atoms with Crippen LogP contribution in [0.1, 0.15) is 0 Å². The first kappa shape index (κ1) is 13.3. The predicted molar refractivity (Wildman–Crippen MR) is 78.5 cm³/mol. The van der Waals surface area contributed by atoms with Gasteiger partial charge in [0.15, 0.2) is 0 Å². The Labute approximate surface area is 100 Å². The van der Waals surface area contributed by atoms with Crippen LogP contribution in [-0.4, -0.2) is 26.4 Å². The summed E-state index contributed by atoms with van der Waals surface area (Å²) < 4.78 is 1.73. The van der Waals surface area contributed by atoms with E-state index in [0.29, 0.717) is 0 Å². The molecule has 0 atom stereocenters. The van der Waals surface area contributed by atoms with Crippen LogP contribution in [0.2, 0.25) is 39.3 Å². The molecule has 0 saturated heterocycles. The second kappa shape index (κ2) is 4.60. The number of hydrogen-bond acceptors (Lipinski definition) is 0. The zero-order chi connectivity index (χ0) is 11.7. The van der Waals surface area contributed by atoms with Crippen LogP contribution in [0.15, 0.2) is 30.3 Å². The Bertz CT molecular complexity index is 295. The van der Waals surface area contributed by atoms with Crippen LogP contribution in [0.25, 0.3) is 0 Å². The first-order valence-electron chi connectivity index (χ1n) is 5.58. The van der Waals surface area contributed by atoms with Gasteiger partial charge in [0.1, 0.15) is 0 Å². The first-order chi connectivity index (χ1) is 6.73. The fourth-order valence-electron chi connectivity index (χ4n) is 2.36. The van der Waals surface area contributed by atoms with Gasteiger partial charge in [-0.3, -0.25) is 0 Å². The molecule has 1 aromatic rings. The molecular formula is C12H23AsSi2. The summed E-state index contributed by atoms with van der Waals surface area (Å²) in [6.07, 6.45) is 0. The summed E-state index contributed by atoms with van der Waals surface area (Å²) in [5.74, 6) is 0. The third-order valence-corrected chi connectivity index (χ3v) is 47.2. The van der Waals surface area contributed by atoms with Crippen molar-refractivity contribution in [2.24, 2.45) is 0 Å². The molecular weight excluding hydrogens is 275 g/mol. The third kappa shape index (κ3) is 3.62. The molecule has 0 heterocycles. The van der Waals surface area contributed by atoms with E-state index >= 15 is 0 Å². The molecule has 0 saturated carbocycles. The summed E-state index contributed by atoms with van der Waals surface area (Å²) in [6, 6.07) is 11.4. The molecule has 0 aromatic heterocycles. The normalized spacial score (nSPS) is 13.3. The van der Waals surface area contributed by atoms with Gasteiger partial charge in [0.25, 0.3) is 0 Å². The maximum absolute atomic E-state index is 2.57. The molecule has 0 aliphatic rings. The quantitative estimate of drug-likeness (QED) is 0.752. The van der Waals surface area contributed by atoms with Gasteiger partial charge in [0, 0.05) is 0 Å². The molecule has 1 aromatic carbocycles. The van der Waals surface area contributed by atoms with Crippen molar-refractivity contribution in [1.29, 1.82) is 0 Å². The molecule has 3 heteroatoms. The molecule has 0 spiro atoms. The molecule has 15 heavy (non-hydrogen) atoms. The zero-order valence-electron chi connectivity index (χ0n) is 10.8.